The third kappa shape index (κ3) is 6.33. The lowest BCUT2D eigenvalue weighted by atomic mass is 9.82. The quantitative estimate of drug-likeness (QED) is 0.586. The van der Waals surface area contributed by atoms with Crippen molar-refractivity contribution < 1.29 is 36.2 Å². The van der Waals surface area contributed by atoms with Gasteiger partial charge in [-0.05, 0) is 37.8 Å². The number of nitrogens with one attached hydrogen (secondary N) is 1. The van der Waals surface area contributed by atoms with E-state index in [9.17, 15) is 22.4 Å². The number of ether oxygens (including phenoxy) is 2. The number of benzene rings is 1. The predicted octanol–water partition coefficient (Wildman–Crippen LogP) is 3.93. The summed E-state index contributed by atoms with van der Waals surface area (Å²) in [7, 11) is 0. The Kier molecular flexibility index (Phi) is 7.05. The molecule has 1 aromatic heterocycles. The Labute approximate surface area is 191 Å². The number of aromatic nitrogens is 2. The Bertz CT molecular complexity index is 975. The Morgan fingerprint density at radius 2 is 1.85 bits per heavy atom. The molecule has 4 rings (SSSR count). The van der Waals surface area contributed by atoms with Gasteiger partial charge < -0.3 is 9.15 Å². The van der Waals surface area contributed by atoms with Gasteiger partial charge in [-0.3, -0.25) is 15.0 Å². The van der Waals surface area contributed by atoms with Crippen LogP contribution >= 0.6 is 11.6 Å². The topological polar surface area (TPSA) is 89.7 Å². The zero-order chi connectivity index (χ0) is 23.6. The van der Waals surface area contributed by atoms with Gasteiger partial charge in [0.1, 0.15) is 11.6 Å². The first-order chi connectivity index (χ1) is 15.7. The van der Waals surface area contributed by atoms with Gasteiger partial charge in [-0.25, -0.2) is 9.40 Å². The predicted molar refractivity (Wildman–Crippen MR) is 106 cm³/mol. The van der Waals surface area contributed by atoms with Gasteiger partial charge in [-0.15, -0.1) is 23.4 Å². The first-order valence-corrected chi connectivity index (χ1v) is 10.7. The molecule has 1 amide bonds. The number of hydrogen-bond acceptors (Lipinski definition) is 7. The minimum absolute atomic E-state index is 0.00464. The molecule has 0 atom stereocenters. The van der Waals surface area contributed by atoms with Crippen molar-refractivity contribution in [3.05, 3.63) is 40.8 Å². The average molecular weight is 493 g/mol. The van der Waals surface area contributed by atoms with Crippen LogP contribution in [0.3, 0.4) is 0 Å². The summed E-state index contributed by atoms with van der Waals surface area (Å²) in [6, 6.07) is 3.92. The highest BCUT2D eigenvalue weighted by atomic mass is 35.5. The highest BCUT2D eigenvalue weighted by molar-refractivity contribution is 6.30. The second kappa shape index (κ2) is 9.82. The first-order valence-electron chi connectivity index (χ1n) is 10.4. The lowest BCUT2D eigenvalue weighted by molar-refractivity contribution is -0.352. The van der Waals surface area contributed by atoms with Crippen LogP contribution in [0, 0.1) is 5.82 Å². The van der Waals surface area contributed by atoms with Crippen LogP contribution in [0.25, 0.3) is 0 Å². The molecule has 1 saturated heterocycles. The third-order valence-corrected chi connectivity index (χ3v) is 5.90. The molecule has 0 unspecified atom stereocenters. The number of rotatable bonds is 7. The highest BCUT2D eigenvalue weighted by Crippen LogP contribution is 2.41. The maximum absolute atomic E-state index is 13.4. The minimum atomic E-state index is -4.64. The maximum Gasteiger partial charge on any atom is 0.522 e. The fourth-order valence-electron chi connectivity index (χ4n) is 3.79. The molecule has 1 aromatic carbocycles. The Morgan fingerprint density at radius 1 is 1.18 bits per heavy atom. The molecule has 0 radical (unpaired) electrons. The van der Waals surface area contributed by atoms with Gasteiger partial charge in [0.05, 0.1) is 11.1 Å². The molecule has 1 aliphatic carbocycles. The Hall–Kier alpha value is -2.44. The molecule has 0 spiro atoms. The number of nitrogens with zero attached hydrogens (tertiary/aromatic N) is 3. The Morgan fingerprint density at radius 3 is 2.48 bits per heavy atom. The summed E-state index contributed by atoms with van der Waals surface area (Å²) in [5.41, 5.74) is 2.73. The number of halogens is 5. The van der Waals surface area contributed by atoms with E-state index in [2.05, 4.69) is 20.4 Å². The average Bonchev–Trinajstić information content (AvgIpc) is 3.21. The molecule has 2 heterocycles. The number of amides is 1. The Balaban J connectivity index is 1.18. The SMILES string of the molecule is O=C(COc1ccc(Cl)c(F)c1)NN1CCC(c2nnc(C3CC(OC(F)(F)F)C3)o2)CC1. The van der Waals surface area contributed by atoms with Gasteiger partial charge >= 0.3 is 6.36 Å². The van der Waals surface area contributed by atoms with Crippen LogP contribution in [-0.2, 0) is 9.53 Å². The van der Waals surface area contributed by atoms with Crippen LogP contribution in [0.1, 0.15) is 49.3 Å². The molecule has 1 N–H and O–H groups in total. The number of carbonyl (C=O) groups is 1. The minimum Gasteiger partial charge on any atom is -0.484 e. The van der Waals surface area contributed by atoms with Crippen molar-refractivity contribution in [3.8, 4) is 5.75 Å². The fraction of sp³-hybridized carbons (Fsp3) is 0.550. The van der Waals surface area contributed by atoms with Crippen molar-refractivity contribution in [1.29, 1.82) is 0 Å². The van der Waals surface area contributed by atoms with Crippen LogP contribution in [-0.4, -0.2) is 53.3 Å². The van der Waals surface area contributed by atoms with Crippen molar-refractivity contribution in [2.75, 3.05) is 19.7 Å². The first kappa shape index (κ1) is 23.7. The van der Waals surface area contributed by atoms with E-state index in [-0.39, 0.29) is 48.0 Å². The van der Waals surface area contributed by atoms with Crippen LogP contribution in [0.15, 0.2) is 22.6 Å². The van der Waals surface area contributed by atoms with Gasteiger partial charge in [0.15, 0.2) is 6.61 Å². The van der Waals surface area contributed by atoms with Crippen LogP contribution < -0.4 is 10.2 Å². The fourth-order valence-corrected chi connectivity index (χ4v) is 3.91. The summed E-state index contributed by atoms with van der Waals surface area (Å²) in [5.74, 6) is -0.275. The van der Waals surface area contributed by atoms with E-state index in [1.165, 1.54) is 12.1 Å². The molecular weight excluding hydrogens is 472 g/mol. The third-order valence-electron chi connectivity index (χ3n) is 5.59. The van der Waals surface area contributed by atoms with Crippen molar-refractivity contribution in [2.24, 2.45) is 0 Å². The van der Waals surface area contributed by atoms with Crippen LogP contribution in [0.2, 0.25) is 5.02 Å². The number of carbonyl (C=O) groups excluding carboxylic acids is 1. The highest BCUT2D eigenvalue weighted by Gasteiger charge is 2.42. The molecular formula is C20H21ClF4N4O4. The van der Waals surface area contributed by atoms with Gasteiger partial charge in [-0.1, -0.05) is 11.6 Å². The maximum atomic E-state index is 13.4. The summed E-state index contributed by atoms with van der Waals surface area (Å²) in [4.78, 5) is 12.1. The summed E-state index contributed by atoms with van der Waals surface area (Å²) in [6.07, 6.45) is -3.84. The van der Waals surface area contributed by atoms with Crippen molar-refractivity contribution in [1.82, 2.24) is 20.6 Å². The summed E-state index contributed by atoms with van der Waals surface area (Å²) < 4.78 is 65.1. The van der Waals surface area contributed by atoms with Crippen LogP contribution in [0.5, 0.6) is 5.75 Å². The van der Waals surface area contributed by atoms with Gasteiger partial charge in [0.25, 0.3) is 5.91 Å². The number of piperidine rings is 1. The number of alkyl halides is 3. The van der Waals surface area contributed by atoms with E-state index in [0.717, 1.165) is 6.07 Å². The van der Waals surface area contributed by atoms with E-state index >= 15 is 0 Å². The second-order valence-corrected chi connectivity index (χ2v) is 8.40. The zero-order valence-corrected chi connectivity index (χ0v) is 18.0. The van der Waals surface area contributed by atoms with Crippen molar-refractivity contribution in [3.63, 3.8) is 0 Å². The van der Waals surface area contributed by atoms with E-state index in [1.807, 2.05) is 0 Å². The van der Waals surface area contributed by atoms with Gasteiger partial charge in [0, 0.05) is 31.0 Å². The summed E-state index contributed by atoms with van der Waals surface area (Å²) >= 11 is 5.61. The van der Waals surface area contributed by atoms with E-state index in [1.54, 1.807) is 5.01 Å². The van der Waals surface area contributed by atoms with Crippen molar-refractivity contribution >= 4 is 17.5 Å². The molecule has 1 saturated carbocycles. The second-order valence-electron chi connectivity index (χ2n) is 7.99. The lowest BCUT2D eigenvalue weighted by Crippen LogP contribution is -2.47. The molecule has 180 valence electrons. The smallest absolute Gasteiger partial charge is 0.484 e. The largest absolute Gasteiger partial charge is 0.522 e. The lowest BCUT2D eigenvalue weighted by Gasteiger charge is -2.33. The zero-order valence-electron chi connectivity index (χ0n) is 17.3. The van der Waals surface area contributed by atoms with Crippen molar-refractivity contribution in [2.45, 2.75) is 50.0 Å². The number of hydrogen-bond donors (Lipinski definition) is 1. The molecule has 2 aromatic rings. The molecule has 0 bridgehead atoms. The summed E-state index contributed by atoms with van der Waals surface area (Å²) in [6.45, 7) is 0.789. The summed E-state index contributed by atoms with van der Waals surface area (Å²) in [5, 5.41) is 9.76. The molecule has 33 heavy (non-hydrogen) atoms. The molecule has 2 aliphatic rings. The van der Waals surface area contributed by atoms with Crippen LogP contribution in [0.4, 0.5) is 17.6 Å². The standard InChI is InChI=1S/C20H21ClF4N4O4/c21-15-2-1-13(9-16(15)22)31-10-17(30)28-29-5-3-11(4-6-29)18-26-27-19(32-18)12-7-14(8-12)33-20(23,24)25/h1-2,9,11-12,14H,3-8,10H2,(H,28,30). The van der Waals surface area contributed by atoms with E-state index in [4.69, 9.17) is 20.8 Å². The molecule has 8 nitrogen and oxygen atoms in total. The normalized spacial score (nSPS) is 22.1. The van der Waals surface area contributed by atoms with Gasteiger partial charge in [-0.2, -0.15) is 0 Å². The molecule has 13 heteroatoms. The number of hydrazine groups is 1. The van der Waals surface area contributed by atoms with Gasteiger partial charge in [0.2, 0.25) is 11.8 Å². The molecule has 1 aliphatic heterocycles. The van der Waals surface area contributed by atoms with E-state index in [0.29, 0.717) is 37.7 Å². The molecule has 2 fully saturated rings. The van der Waals surface area contributed by atoms with E-state index < -0.39 is 18.3 Å². The monoisotopic (exact) mass is 492 g/mol.